The Kier molecular flexibility index (Phi) is 5.92. The van der Waals surface area contributed by atoms with Gasteiger partial charge in [0.05, 0.1) is 0 Å². The highest BCUT2D eigenvalue weighted by atomic mass is 32.1. The molecule has 1 heterocycles. The molecule has 0 amide bonds. The molecular weight excluding hydrogens is 230 g/mol. The van der Waals surface area contributed by atoms with Crippen LogP contribution in [0.2, 0.25) is 0 Å². The molecule has 3 nitrogen and oxygen atoms in total. The number of hydrogen-bond acceptors (Lipinski definition) is 4. The molecule has 0 aromatic carbocycles. The van der Waals surface area contributed by atoms with E-state index in [4.69, 9.17) is 0 Å². The number of nitrogens with zero attached hydrogens (tertiary/aromatic N) is 2. The van der Waals surface area contributed by atoms with Crippen molar-refractivity contribution < 1.29 is 0 Å². The third-order valence-corrected chi connectivity index (χ3v) is 3.59. The van der Waals surface area contributed by atoms with Crippen LogP contribution < -0.4 is 10.2 Å². The molecule has 0 aliphatic heterocycles. The van der Waals surface area contributed by atoms with E-state index in [9.17, 15) is 0 Å². The molecule has 0 saturated heterocycles. The van der Waals surface area contributed by atoms with Crippen LogP contribution in [-0.2, 0) is 6.54 Å². The van der Waals surface area contributed by atoms with Crippen LogP contribution in [0, 0.1) is 0 Å². The topological polar surface area (TPSA) is 28.2 Å². The summed E-state index contributed by atoms with van der Waals surface area (Å²) in [6.45, 7) is 13.0. The van der Waals surface area contributed by atoms with Gasteiger partial charge in [0.2, 0.25) is 0 Å². The highest BCUT2D eigenvalue weighted by Crippen LogP contribution is 2.24. The Labute approximate surface area is 109 Å². The molecule has 0 aliphatic carbocycles. The molecule has 0 radical (unpaired) electrons. The van der Waals surface area contributed by atoms with Crippen LogP contribution in [0.15, 0.2) is 6.20 Å². The molecule has 0 bridgehead atoms. The minimum absolute atomic E-state index is 0.520. The van der Waals surface area contributed by atoms with E-state index < -0.39 is 0 Å². The van der Waals surface area contributed by atoms with Gasteiger partial charge in [-0.3, -0.25) is 0 Å². The maximum atomic E-state index is 4.54. The summed E-state index contributed by atoms with van der Waals surface area (Å²) in [7, 11) is 0. The van der Waals surface area contributed by atoms with Gasteiger partial charge in [-0.1, -0.05) is 20.8 Å². The molecule has 0 atom stereocenters. The summed E-state index contributed by atoms with van der Waals surface area (Å²) in [4.78, 5) is 8.23. The fourth-order valence-corrected chi connectivity index (χ4v) is 2.65. The second-order valence-electron chi connectivity index (χ2n) is 4.93. The molecule has 17 heavy (non-hydrogen) atoms. The molecule has 0 fully saturated rings. The van der Waals surface area contributed by atoms with E-state index in [2.05, 4.69) is 49.8 Å². The second-order valence-corrected chi connectivity index (χ2v) is 6.03. The first kappa shape index (κ1) is 14.5. The number of hydrogen-bond donors (Lipinski definition) is 1. The zero-order valence-electron chi connectivity index (χ0n) is 11.7. The number of rotatable bonds is 7. The van der Waals surface area contributed by atoms with Gasteiger partial charge in [-0.15, -0.1) is 11.3 Å². The molecule has 1 N–H and O–H groups in total. The molecule has 4 heteroatoms. The van der Waals surface area contributed by atoms with Crippen LogP contribution in [-0.4, -0.2) is 23.6 Å². The van der Waals surface area contributed by atoms with E-state index in [0.717, 1.165) is 24.6 Å². The maximum absolute atomic E-state index is 4.54. The predicted molar refractivity (Wildman–Crippen MR) is 76.9 cm³/mol. The van der Waals surface area contributed by atoms with E-state index in [0.29, 0.717) is 12.1 Å². The molecular formula is C13H25N3S. The number of thiazole rings is 1. The van der Waals surface area contributed by atoms with Gasteiger partial charge in [0.15, 0.2) is 5.13 Å². The normalized spacial score (nSPS) is 11.5. The molecule has 1 aromatic heterocycles. The monoisotopic (exact) mass is 255 g/mol. The molecule has 0 aliphatic rings. The Morgan fingerprint density at radius 3 is 2.59 bits per heavy atom. The lowest BCUT2D eigenvalue weighted by molar-refractivity contribution is 0.593. The zero-order valence-corrected chi connectivity index (χ0v) is 12.5. The third kappa shape index (κ3) is 4.64. The van der Waals surface area contributed by atoms with Crippen molar-refractivity contribution in [1.29, 1.82) is 0 Å². The van der Waals surface area contributed by atoms with Crippen LogP contribution in [0.25, 0.3) is 0 Å². The fraction of sp³-hybridized carbons (Fsp3) is 0.769. The highest BCUT2D eigenvalue weighted by molar-refractivity contribution is 7.15. The molecule has 1 rings (SSSR count). The van der Waals surface area contributed by atoms with Crippen LogP contribution in [0.1, 0.15) is 45.9 Å². The quantitative estimate of drug-likeness (QED) is 0.810. The average Bonchev–Trinajstić information content (AvgIpc) is 2.71. The second kappa shape index (κ2) is 6.97. The van der Waals surface area contributed by atoms with Crippen LogP contribution in [0.5, 0.6) is 0 Å². The number of anilines is 1. The SMILES string of the molecule is CCCN(c1ncc(CNC(C)C)s1)C(C)C. The van der Waals surface area contributed by atoms with Crippen molar-refractivity contribution in [2.24, 2.45) is 0 Å². The lowest BCUT2D eigenvalue weighted by atomic mass is 10.3. The summed E-state index contributed by atoms with van der Waals surface area (Å²) in [6, 6.07) is 1.05. The first-order chi connectivity index (χ1) is 8.04. The van der Waals surface area contributed by atoms with Crippen molar-refractivity contribution in [3.8, 4) is 0 Å². The standard InChI is InChI=1S/C13H25N3S/c1-6-7-16(11(4)5)13-15-9-12(17-13)8-14-10(2)3/h9-11,14H,6-8H2,1-5H3. The van der Waals surface area contributed by atoms with Gasteiger partial charge < -0.3 is 10.2 Å². The Bertz CT molecular complexity index is 320. The molecule has 1 aromatic rings. The Balaban J connectivity index is 2.64. The van der Waals surface area contributed by atoms with Crippen molar-refractivity contribution in [3.05, 3.63) is 11.1 Å². The Morgan fingerprint density at radius 1 is 1.35 bits per heavy atom. The van der Waals surface area contributed by atoms with E-state index in [1.165, 1.54) is 4.88 Å². The van der Waals surface area contributed by atoms with Gasteiger partial charge in [0.25, 0.3) is 0 Å². The van der Waals surface area contributed by atoms with Crippen LogP contribution >= 0.6 is 11.3 Å². The van der Waals surface area contributed by atoms with Crippen molar-refractivity contribution in [3.63, 3.8) is 0 Å². The molecule has 0 unspecified atom stereocenters. The van der Waals surface area contributed by atoms with E-state index in [1.807, 2.05) is 6.20 Å². The molecule has 0 spiro atoms. The lowest BCUT2D eigenvalue weighted by Gasteiger charge is -2.25. The molecule has 0 saturated carbocycles. The first-order valence-electron chi connectivity index (χ1n) is 6.49. The Hall–Kier alpha value is -0.610. The van der Waals surface area contributed by atoms with Crippen molar-refractivity contribution in [1.82, 2.24) is 10.3 Å². The average molecular weight is 255 g/mol. The molecule has 98 valence electrons. The summed E-state index contributed by atoms with van der Waals surface area (Å²) in [5, 5.41) is 4.58. The Morgan fingerprint density at radius 2 is 2.06 bits per heavy atom. The number of nitrogens with one attached hydrogen (secondary N) is 1. The van der Waals surface area contributed by atoms with Crippen molar-refractivity contribution in [2.75, 3.05) is 11.4 Å². The zero-order chi connectivity index (χ0) is 12.8. The van der Waals surface area contributed by atoms with Crippen molar-refractivity contribution in [2.45, 2.75) is 59.7 Å². The maximum Gasteiger partial charge on any atom is 0.185 e. The first-order valence-corrected chi connectivity index (χ1v) is 7.31. The fourth-order valence-electron chi connectivity index (χ4n) is 1.63. The predicted octanol–water partition coefficient (Wildman–Crippen LogP) is 3.27. The summed E-state index contributed by atoms with van der Waals surface area (Å²) in [5.74, 6) is 0. The third-order valence-electron chi connectivity index (χ3n) is 2.56. The van der Waals surface area contributed by atoms with E-state index >= 15 is 0 Å². The van der Waals surface area contributed by atoms with Crippen LogP contribution in [0.4, 0.5) is 5.13 Å². The number of aromatic nitrogens is 1. The largest absolute Gasteiger partial charge is 0.346 e. The summed E-state index contributed by atoms with van der Waals surface area (Å²) < 4.78 is 0. The van der Waals surface area contributed by atoms with Gasteiger partial charge in [0.1, 0.15) is 0 Å². The minimum atomic E-state index is 0.520. The van der Waals surface area contributed by atoms with Gasteiger partial charge >= 0.3 is 0 Å². The van der Waals surface area contributed by atoms with Gasteiger partial charge in [0, 0.05) is 36.2 Å². The van der Waals surface area contributed by atoms with Crippen LogP contribution in [0.3, 0.4) is 0 Å². The van der Waals surface area contributed by atoms with Gasteiger partial charge in [-0.2, -0.15) is 0 Å². The van der Waals surface area contributed by atoms with Gasteiger partial charge in [-0.25, -0.2) is 4.98 Å². The smallest absolute Gasteiger partial charge is 0.185 e. The van der Waals surface area contributed by atoms with E-state index in [-0.39, 0.29) is 0 Å². The van der Waals surface area contributed by atoms with Gasteiger partial charge in [-0.05, 0) is 20.3 Å². The summed E-state index contributed by atoms with van der Waals surface area (Å²) in [6.07, 6.45) is 3.16. The highest BCUT2D eigenvalue weighted by Gasteiger charge is 2.13. The lowest BCUT2D eigenvalue weighted by Crippen LogP contribution is -2.31. The minimum Gasteiger partial charge on any atom is -0.346 e. The van der Waals surface area contributed by atoms with Crippen molar-refractivity contribution >= 4 is 16.5 Å². The van der Waals surface area contributed by atoms with E-state index in [1.54, 1.807) is 11.3 Å². The summed E-state index contributed by atoms with van der Waals surface area (Å²) >= 11 is 1.80. The summed E-state index contributed by atoms with van der Waals surface area (Å²) in [5.41, 5.74) is 0.